The molecule has 0 N–H and O–H groups in total. The van der Waals surface area contributed by atoms with Gasteiger partial charge in [-0.05, 0) is 34.5 Å². The van der Waals surface area contributed by atoms with Gasteiger partial charge in [-0.2, -0.15) is 0 Å². The van der Waals surface area contributed by atoms with Gasteiger partial charge in [-0.15, -0.1) is 0 Å². The van der Waals surface area contributed by atoms with Gasteiger partial charge in [-0.3, -0.25) is 4.79 Å². The van der Waals surface area contributed by atoms with Crippen LogP contribution in [0.15, 0.2) is 40.9 Å². The molecule has 0 bridgehead atoms. The van der Waals surface area contributed by atoms with Gasteiger partial charge in [0.25, 0.3) is 5.78 Å². The van der Waals surface area contributed by atoms with E-state index in [1.54, 1.807) is 12.1 Å². The Bertz CT molecular complexity index is 1100. The third-order valence-corrected chi connectivity index (χ3v) is 4.40. The third-order valence-electron chi connectivity index (χ3n) is 4.11. The predicted octanol–water partition coefficient (Wildman–Crippen LogP) is 2.74. The molecule has 3 rings (SSSR count). The normalized spacial score (nSPS) is 11.0. The number of rotatable bonds is 7. The molecule has 0 fully saturated rings. The van der Waals surface area contributed by atoms with Crippen molar-refractivity contribution in [3.63, 3.8) is 0 Å². The molecule has 156 valence electrons. The molecule has 0 amide bonds. The van der Waals surface area contributed by atoms with Crippen molar-refractivity contribution in [2.75, 3.05) is 21.3 Å². The summed E-state index contributed by atoms with van der Waals surface area (Å²) in [5, 5.41) is 15.4. The summed E-state index contributed by atoms with van der Waals surface area (Å²) >= 11 is 5.77. The maximum atomic E-state index is 13.4. The molecule has 0 aliphatic rings. The number of benzene rings is 2. The van der Waals surface area contributed by atoms with Gasteiger partial charge in [0.2, 0.25) is 11.4 Å². The summed E-state index contributed by atoms with van der Waals surface area (Å²) < 4.78 is 34.8. The molecule has 0 atom stereocenters. The first-order valence-corrected chi connectivity index (χ1v) is 8.84. The largest absolute Gasteiger partial charge is 0.539 e. The molecule has 30 heavy (non-hydrogen) atoms. The number of allylic oxidation sites excluding steroid dienone is 1. The van der Waals surface area contributed by atoms with Crippen molar-refractivity contribution in [2.24, 2.45) is 0 Å². The molecule has 0 saturated heterocycles. The number of nitrogens with zero attached hydrogens (tertiary/aromatic N) is 2. The number of aromatic nitrogens is 2. The maximum absolute atomic E-state index is 13.4. The minimum absolute atomic E-state index is 0.191. The Labute approximate surface area is 175 Å². The number of carbonyl (C=O) groups excluding carboxylic acids is 1. The van der Waals surface area contributed by atoms with Crippen LogP contribution in [-0.4, -0.2) is 32.4 Å². The highest BCUT2D eigenvalue weighted by atomic mass is 35.5. The number of halogens is 2. The lowest BCUT2D eigenvalue weighted by Crippen LogP contribution is -2.38. The van der Waals surface area contributed by atoms with Gasteiger partial charge in [0.05, 0.1) is 31.6 Å². The fourth-order valence-electron chi connectivity index (χ4n) is 2.69. The maximum Gasteiger partial charge on any atom is 0.310 e. The average molecular weight is 435 g/mol. The van der Waals surface area contributed by atoms with Crippen molar-refractivity contribution in [3.8, 4) is 28.9 Å². The van der Waals surface area contributed by atoms with Gasteiger partial charge in [-0.25, -0.2) is 4.39 Å². The Kier molecular flexibility index (Phi) is 6.22. The topological polar surface area (TPSA) is 97.7 Å². The zero-order chi connectivity index (χ0) is 21.8. The minimum atomic E-state index is -0.949. The summed E-state index contributed by atoms with van der Waals surface area (Å²) in [5.41, 5.74) is 0.372. The fraction of sp³-hybridized carbons (Fsp3) is 0.150. The second kappa shape index (κ2) is 8.83. The van der Waals surface area contributed by atoms with E-state index >= 15 is 0 Å². The first-order valence-electron chi connectivity index (χ1n) is 8.46. The highest BCUT2D eigenvalue weighted by molar-refractivity contribution is 6.30. The highest BCUT2D eigenvalue weighted by Crippen LogP contribution is 2.38. The van der Waals surface area contributed by atoms with Crippen molar-refractivity contribution < 1.29 is 37.7 Å². The second-order valence-electron chi connectivity index (χ2n) is 5.88. The third kappa shape index (κ3) is 4.06. The number of carbonyl (C=O) groups is 1. The Morgan fingerprint density at radius 3 is 2.40 bits per heavy atom. The van der Waals surface area contributed by atoms with Crippen LogP contribution in [0.3, 0.4) is 0 Å². The summed E-state index contributed by atoms with van der Waals surface area (Å²) in [6.07, 6.45) is 2.62. The molecule has 2 aromatic carbocycles. The van der Waals surface area contributed by atoms with E-state index in [1.807, 2.05) is 0 Å². The van der Waals surface area contributed by atoms with Crippen LogP contribution in [0.25, 0.3) is 11.8 Å². The fourth-order valence-corrected chi connectivity index (χ4v) is 2.87. The lowest BCUT2D eigenvalue weighted by molar-refractivity contribution is -0.672. The average Bonchev–Trinajstić information content (AvgIpc) is 3.14. The Balaban J connectivity index is 1.96. The second-order valence-corrected chi connectivity index (χ2v) is 6.28. The van der Waals surface area contributed by atoms with E-state index in [0.29, 0.717) is 22.8 Å². The molecular weight excluding hydrogens is 419 g/mol. The molecule has 10 heteroatoms. The van der Waals surface area contributed by atoms with E-state index < -0.39 is 17.5 Å². The van der Waals surface area contributed by atoms with Gasteiger partial charge in [0, 0.05) is 12.1 Å². The van der Waals surface area contributed by atoms with E-state index in [9.17, 15) is 14.3 Å². The van der Waals surface area contributed by atoms with E-state index in [4.69, 9.17) is 25.8 Å². The molecule has 3 aromatic rings. The Morgan fingerprint density at radius 2 is 1.83 bits per heavy atom. The van der Waals surface area contributed by atoms with Crippen molar-refractivity contribution in [2.45, 2.75) is 0 Å². The van der Waals surface area contributed by atoms with E-state index in [1.165, 1.54) is 39.5 Å². The number of hydrogen-bond donors (Lipinski definition) is 0. The standard InChI is InChI=1S/C20H16ClFN2O6/c1-27-16-8-11(9-17(28-2)19(16)29-3)4-7-15(25)18-20(26)30-23-24(18)12-5-6-14(22)13(21)10-12/h4-10H,1-3H3/b7-4+. The van der Waals surface area contributed by atoms with Gasteiger partial charge in [-0.1, -0.05) is 17.7 Å². The monoisotopic (exact) mass is 434 g/mol. The molecule has 8 nitrogen and oxygen atoms in total. The molecule has 0 aliphatic carbocycles. The van der Waals surface area contributed by atoms with Crippen molar-refractivity contribution in [1.29, 1.82) is 0 Å². The molecule has 0 saturated carbocycles. The van der Waals surface area contributed by atoms with Crippen LogP contribution >= 0.6 is 11.6 Å². The molecule has 0 unspecified atom stereocenters. The van der Waals surface area contributed by atoms with Crippen LogP contribution < -0.4 is 24.0 Å². The molecule has 0 radical (unpaired) electrons. The first-order chi connectivity index (χ1) is 14.4. The van der Waals surface area contributed by atoms with Crippen LogP contribution in [0.2, 0.25) is 5.02 Å². The van der Waals surface area contributed by atoms with Crippen LogP contribution in [0.1, 0.15) is 16.1 Å². The molecule has 1 aromatic heterocycles. The molecular formula is C20H16ClFN2O6. The summed E-state index contributed by atoms with van der Waals surface area (Å²) in [6, 6.07) is 6.88. The molecule has 1 heterocycles. The molecule has 0 aliphatic heterocycles. The lowest BCUT2D eigenvalue weighted by Gasteiger charge is -2.12. The summed E-state index contributed by atoms with van der Waals surface area (Å²) in [5.74, 6) is -1.09. The number of ketones is 1. The predicted molar refractivity (Wildman–Crippen MR) is 102 cm³/mol. The van der Waals surface area contributed by atoms with Crippen molar-refractivity contribution in [3.05, 3.63) is 58.5 Å². The van der Waals surface area contributed by atoms with Gasteiger partial charge < -0.3 is 23.8 Å². The number of hydrogen-bond acceptors (Lipinski definition) is 7. The first kappa shape index (κ1) is 21.1. The summed E-state index contributed by atoms with van der Waals surface area (Å²) in [7, 11) is 4.41. The zero-order valence-corrected chi connectivity index (χ0v) is 16.9. The van der Waals surface area contributed by atoms with E-state index in [-0.39, 0.29) is 16.4 Å². The quantitative estimate of drug-likeness (QED) is 0.320. The van der Waals surface area contributed by atoms with Gasteiger partial charge in [0.15, 0.2) is 17.4 Å². The minimum Gasteiger partial charge on any atom is -0.539 e. The van der Waals surface area contributed by atoms with E-state index in [0.717, 1.165) is 16.8 Å². The van der Waals surface area contributed by atoms with Gasteiger partial charge in [0.1, 0.15) is 5.82 Å². The van der Waals surface area contributed by atoms with Crippen molar-refractivity contribution >= 4 is 23.5 Å². The summed E-state index contributed by atoms with van der Waals surface area (Å²) in [6.45, 7) is 0. The van der Waals surface area contributed by atoms with Crippen LogP contribution in [0.4, 0.5) is 4.39 Å². The Hall–Kier alpha value is -3.59. The summed E-state index contributed by atoms with van der Waals surface area (Å²) in [4.78, 5) is 12.7. The molecule has 0 spiro atoms. The smallest absolute Gasteiger partial charge is 0.310 e. The van der Waals surface area contributed by atoms with Gasteiger partial charge >= 0.3 is 5.69 Å². The highest BCUT2D eigenvalue weighted by Gasteiger charge is 2.26. The van der Waals surface area contributed by atoms with Crippen LogP contribution in [0.5, 0.6) is 23.2 Å². The van der Waals surface area contributed by atoms with Crippen LogP contribution in [0, 0.1) is 5.82 Å². The zero-order valence-electron chi connectivity index (χ0n) is 16.1. The lowest BCUT2D eigenvalue weighted by atomic mass is 10.1. The number of methoxy groups -OCH3 is 3. The van der Waals surface area contributed by atoms with E-state index in [2.05, 4.69) is 9.79 Å². The van der Waals surface area contributed by atoms with Crippen LogP contribution in [-0.2, 0) is 0 Å². The number of ether oxygens (including phenoxy) is 3. The van der Waals surface area contributed by atoms with Crippen molar-refractivity contribution in [1.82, 2.24) is 5.27 Å². The Morgan fingerprint density at radius 1 is 1.17 bits per heavy atom. The SMILES string of the molecule is COc1cc(/C=C/C(=O)c2c([O-])on[n+]2-c2ccc(F)c(Cl)c2)cc(OC)c1OC.